The summed E-state index contributed by atoms with van der Waals surface area (Å²) in [6, 6.07) is 24.8. The van der Waals surface area contributed by atoms with Gasteiger partial charge in [0.15, 0.2) is 34.9 Å². The van der Waals surface area contributed by atoms with E-state index in [9.17, 15) is 9.59 Å². The van der Waals surface area contributed by atoms with Crippen LogP contribution in [0, 0.1) is 0 Å². The van der Waals surface area contributed by atoms with Crippen LogP contribution in [-0.4, -0.2) is 51.4 Å². The van der Waals surface area contributed by atoms with Gasteiger partial charge in [0.25, 0.3) is 0 Å². The molecular formula is C50H44N8O2. The summed E-state index contributed by atoms with van der Waals surface area (Å²) in [6.07, 6.45) is 3.98. The van der Waals surface area contributed by atoms with Gasteiger partial charge in [-0.2, -0.15) is 0 Å². The fourth-order valence-electron chi connectivity index (χ4n) is 8.18. The van der Waals surface area contributed by atoms with Gasteiger partial charge in [-0.05, 0) is 74.9 Å². The first kappa shape index (κ1) is 37.3. The maximum atomic E-state index is 13.4. The van der Waals surface area contributed by atoms with Crippen LogP contribution in [0.4, 0.5) is 0 Å². The Bertz CT molecular complexity index is 3290. The molecule has 7 aromatic rings. The maximum Gasteiger partial charge on any atom is 0.186 e. The number of nitrogens with one attached hydrogen (secondary N) is 2. The standard InChI is InChI=1S/C50H44N8O2/c1-48(2,3)25-13-17-30-35(21-25)44-51-40(30)53-45-37-23-27(50(7,8)9)15-19-32(37)42(55-45)57-47-39-29(34-24-28(59)16-20-38(34)60)11-10-12-33(39)43(58-47)56-46-36-22-26(49(4,5)6)14-18-31(36)41(52-44)54-46/h10-24H,1-9H3,(H2,51,52,53,54,55,56,57,58). The van der Waals surface area contributed by atoms with Crippen LogP contribution < -0.4 is 0 Å². The van der Waals surface area contributed by atoms with Crippen molar-refractivity contribution < 1.29 is 9.59 Å². The molecule has 0 fully saturated rings. The van der Waals surface area contributed by atoms with Crippen LogP contribution in [-0.2, 0) is 25.8 Å². The molecule has 0 atom stereocenters. The number of fused-ring (bicyclic) bond motifs is 20. The molecule has 4 aromatic carbocycles. The Hall–Kier alpha value is -6.94. The summed E-state index contributed by atoms with van der Waals surface area (Å²) in [5.74, 6) is 1.30. The molecule has 0 saturated heterocycles. The second kappa shape index (κ2) is 12.8. The first-order valence-corrected chi connectivity index (χ1v) is 20.3. The molecule has 0 saturated carbocycles. The highest BCUT2D eigenvalue weighted by Gasteiger charge is 2.29. The molecule has 0 amide bonds. The molecule has 3 aromatic heterocycles. The van der Waals surface area contributed by atoms with E-state index in [0.29, 0.717) is 62.6 Å². The number of benzene rings is 4. The lowest BCUT2D eigenvalue weighted by Gasteiger charge is -2.19. The molecule has 8 bridgehead atoms. The Labute approximate surface area is 347 Å². The molecule has 2 aliphatic heterocycles. The molecule has 60 heavy (non-hydrogen) atoms. The molecule has 1 aliphatic carbocycles. The van der Waals surface area contributed by atoms with Gasteiger partial charge in [0, 0.05) is 49.4 Å². The molecule has 10 rings (SSSR count). The summed E-state index contributed by atoms with van der Waals surface area (Å²) in [7, 11) is 0. The smallest absolute Gasteiger partial charge is 0.186 e. The predicted molar refractivity (Wildman–Crippen MR) is 239 cm³/mol. The van der Waals surface area contributed by atoms with Crippen LogP contribution in [0.5, 0.6) is 0 Å². The highest BCUT2D eigenvalue weighted by Crippen LogP contribution is 2.42. The number of aromatic amines is 2. The SMILES string of the molecule is CC(C)(C)c1ccc2c(c1)-c1nc-2nc2[nH]c(nc3nc(nc4[nH]c(n1)c1ccc(C(C)(C)C)cc41)-c1cccc(C4=CC(=O)C=CC4=O)c1-3)c1ccc(C(C)(C)C)cc21. The van der Waals surface area contributed by atoms with Crippen molar-refractivity contribution in [3.63, 3.8) is 0 Å². The van der Waals surface area contributed by atoms with Gasteiger partial charge in [-0.1, -0.05) is 117 Å². The van der Waals surface area contributed by atoms with Crippen LogP contribution in [0.25, 0.3) is 95.3 Å². The van der Waals surface area contributed by atoms with Gasteiger partial charge in [-0.25, -0.2) is 29.9 Å². The van der Waals surface area contributed by atoms with E-state index >= 15 is 0 Å². The minimum atomic E-state index is -0.271. The molecule has 296 valence electrons. The lowest BCUT2D eigenvalue weighted by Crippen LogP contribution is -2.10. The van der Waals surface area contributed by atoms with Gasteiger partial charge in [0.05, 0.1) is 0 Å². The quantitative estimate of drug-likeness (QED) is 0.157. The number of hydrogen-bond acceptors (Lipinski definition) is 8. The fourth-order valence-corrected chi connectivity index (χ4v) is 8.18. The highest BCUT2D eigenvalue weighted by molar-refractivity contribution is 6.35. The summed E-state index contributed by atoms with van der Waals surface area (Å²) >= 11 is 0. The van der Waals surface area contributed by atoms with Gasteiger partial charge in [0.2, 0.25) is 0 Å². The van der Waals surface area contributed by atoms with E-state index in [1.165, 1.54) is 18.2 Å². The number of carbonyl (C=O) groups excluding carboxylic acids is 2. The molecule has 0 radical (unpaired) electrons. The normalized spacial score (nSPS) is 14.2. The number of rotatable bonds is 1. The van der Waals surface area contributed by atoms with Crippen molar-refractivity contribution >= 4 is 61.3 Å². The average Bonchev–Trinajstić information content (AvgIpc) is 3.92. The number of aromatic nitrogens is 8. The van der Waals surface area contributed by atoms with Crippen LogP contribution in [0.2, 0.25) is 0 Å². The van der Waals surface area contributed by atoms with E-state index in [4.69, 9.17) is 29.9 Å². The van der Waals surface area contributed by atoms with Gasteiger partial charge in [0.1, 0.15) is 22.6 Å². The lowest BCUT2D eigenvalue weighted by molar-refractivity contribution is -0.113. The zero-order valence-electron chi connectivity index (χ0n) is 35.2. The van der Waals surface area contributed by atoms with Gasteiger partial charge < -0.3 is 9.97 Å². The van der Waals surface area contributed by atoms with Crippen LogP contribution in [0.15, 0.2) is 91.0 Å². The summed E-state index contributed by atoms with van der Waals surface area (Å²) in [4.78, 5) is 64.6. The third kappa shape index (κ3) is 6.08. The van der Waals surface area contributed by atoms with E-state index < -0.39 is 0 Å². The Morgan fingerprint density at radius 2 is 0.900 bits per heavy atom. The number of ketones is 2. The summed E-state index contributed by atoms with van der Waals surface area (Å²) in [5.41, 5.74) is 9.24. The summed E-state index contributed by atoms with van der Waals surface area (Å²) < 4.78 is 0. The molecule has 2 N–H and O–H groups in total. The number of nitrogens with zero attached hydrogens (tertiary/aromatic N) is 6. The molecule has 0 unspecified atom stereocenters. The van der Waals surface area contributed by atoms with Crippen molar-refractivity contribution in [2.45, 2.75) is 78.6 Å². The minimum Gasteiger partial charge on any atom is -0.324 e. The highest BCUT2D eigenvalue weighted by atomic mass is 16.1. The summed E-state index contributed by atoms with van der Waals surface area (Å²) in [5, 5.41) is 3.48. The molecule has 5 heterocycles. The fraction of sp³-hybridized carbons (Fsp3) is 0.240. The zero-order valence-corrected chi connectivity index (χ0v) is 35.2. The van der Waals surface area contributed by atoms with E-state index in [-0.39, 0.29) is 33.4 Å². The van der Waals surface area contributed by atoms with Gasteiger partial charge in [-0.3, -0.25) is 9.59 Å². The third-order valence-corrected chi connectivity index (χ3v) is 11.7. The Balaban J connectivity index is 1.39. The average molecular weight is 789 g/mol. The first-order chi connectivity index (χ1) is 28.4. The number of allylic oxidation sites excluding steroid dienone is 4. The first-order valence-electron chi connectivity index (χ1n) is 20.3. The van der Waals surface area contributed by atoms with E-state index in [2.05, 4.69) is 127 Å². The van der Waals surface area contributed by atoms with Crippen molar-refractivity contribution in [1.82, 2.24) is 39.9 Å². The lowest BCUT2D eigenvalue weighted by atomic mass is 9.85. The van der Waals surface area contributed by atoms with Crippen LogP contribution in [0.3, 0.4) is 0 Å². The topological polar surface area (TPSA) is 143 Å². The molecule has 10 heteroatoms. The van der Waals surface area contributed by atoms with E-state index in [1.807, 2.05) is 18.2 Å². The number of carbonyl (C=O) groups is 2. The number of hydrogen-bond donors (Lipinski definition) is 2. The van der Waals surface area contributed by atoms with Crippen molar-refractivity contribution in [3.8, 4) is 45.6 Å². The largest absolute Gasteiger partial charge is 0.324 e. The van der Waals surface area contributed by atoms with Crippen LogP contribution in [0.1, 0.15) is 84.6 Å². The Morgan fingerprint density at radius 3 is 1.48 bits per heavy atom. The third-order valence-electron chi connectivity index (χ3n) is 11.7. The van der Waals surface area contributed by atoms with E-state index in [0.717, 1.165) is 49.4 Å². The number of H-pyrrole nitrogens is 2. The minimum absolute atomic E-state index is 0.111. The van der Waals surface area contributed by atoms with E-state index in [1.54, 1.807) is 0 Å². The van der Waals surface area contributed by atoms with Crippen molar-refractivity contribution in [3.05, 3.63) is 113 Å². The molecular weight excluding hydrogens is 745 g/mol. The Morgan fingerprint density at radius 1 is 0.433 bits per heavy atom. The monoisotopic (exact) mass is 788 g/mol. The van der Waals surface area contributed by atoms with Crippen molar-refractivity contribution in [1.29, 1.82) is 0 Å². The van der Waals surface area contributed by atoms with Gasteiger partial charge >= 0.3 is 0 Å². The second-order valence-corrected chi connectivity index (χ2v) is 19.0. The summed E-state index contributed by atoms with van der Waals surface area (Å²) in [6.45, 7) is 19.7. The maximum absolute atomic E-state index is 13.4. The van der Waals surface area contributed by atoms with Crippen molar-refractivity contribution in [2.75, 3.05) is 0 Å². The molecule has 0 spiro atoms. The van der Waals surface area contributed by atoms with Crippen molar-refractivity contribution in [2.24, 2.45) is 0 Å². The second-order valence-electron chi connectivity index (χ2n) is 19.0. The van der Waals surface area contributed by atoms with Gasteiger partial charge in [-0.15, -0.1) is 0 Å². The zero-order chi connectivity index (χ0) is 42.0. The predicted octanol–water partition coefficient (Wildman–Crippen LogP) is 10.9. The van der Waals surface area contributed by atoms with Crippen LogP contribution >= 0.6 is 0 Å². The Kier molecular flexibility index (Phi) is 7.95. The molecule has 3 aliphatic rings. The molecule has 10 nitrogen and oxygen atoms in total.